The highest BCUT2D eigenvalue weighted by atomic mass is 19.1. The lowest BCUT2D eigenvalue weighted by atomic mass is 9.78. The number of hydrogen-bond donors (Lipinski definition) is 0. The number of benzene rings is 2. The zero-order chi connectivity index (χ0) is 20.1. The van der Waals surface area contributed by atoms with E-state index in [0.29, 0.717) is 12.1 Å². The van der Waals surface area contributed by atoms with Gasteiger partial charge in [-0.1, -0.05) is 30.3 Å². The highest BCUT2D eigenvalue weighted by molar-refractivity contribution is 6.62. The van der Waals surface area contributed by atoms with Crippen molar-refractivity contribution in [2.45, 2.75) is 57.8 Å². The fraction of sp³-hybridized carbons (Fsp3) is 0.409. The molecule has 1 saturated heterocycles. The molecule has 0 amide bonds. The molecule has 0 bridgehead atoms. The van der Waals surface area contributed by atoms with E-state index in [1.54, 1.807) is 0 Å². The molecule has 1 fully saturated rings. The molecule has 28 heavy (non-hydrogen) atoms. The molecule has 0 radical (unpaired) electrons. The maximum absolute atomic E-state index is 14.0. The van der Waals surface area contributed by atoms with Gasteiger partial charge in [-0.3, -0.25) is 4.99 Å². The molecule has 3 nitrogen and oxygen atoms in total. The fourth-order valence-corrected chi connectivity index (χ4v) is 3.65. The third-order valence-corrected chi connectivity index (χ3v) is 6.06. The van der Waals surface area contributed by atoms with Gasteiger partial charge in [-0.25, -0.2) is 8.78 Å². The van der Waals surface area contributed by atoms with Crippen LogP contribution in [0.4, 0.5) is 8.78 Å². The van der Waals surface area contributed by atoms with Crippen LogP contribution in [-0.2, 0) is 9.31 Å². The monoisotopic (exact) mass is 383 g/mol. The van der Waals surface area contributed by atoms with E-state index in [9.17, 15) is 8.78 Å². The van der Waals surface area contributed by atoms with Gasteiger partial charge in [-0.05, 0) is 63.7 Å². The first kappa shape index (κ1) is 19.3. The van der Waals surface area contributed by atoms with Crippen LogP contribution >= 0.6 is 0 Å². The fourth-order valence-electron chi connectivity index (χ4n) is 3.65. The van der Waals surface area contributed by atoms with Crippen molar-refractivity contribution >= 4 is 18.3 Å². The summed E-state index contributed by atoms with van der Waals surface area (Å²) in [7, 11) is -0.408. The van der Waals surface area contributed by atoms with Crippen LogP contribution in [0.1, 0.15) is 57.7 Å². The van der Waals surface area contributed by atoms with E-state index < -0.39 is 18.8 Å². The summed E-state index contributed by atoms with van der Waals surface area (Å²) >= 11 is 0. The Hall–Kier alpha value is -2.05. The van der Waals surface area contributed by atoms with Gasteiger partial charge in [0.15, 0.2) is 0 Å². The molecule has 2 aliphatic heterocycles. The first-order valence-electron chi connectivity index (χ1n) is 9.64. The molecule has 0 aromatic heterocycles. The van der Waals surface area contributed by atoms with Gasteiger partial charge in [0.1, 0.15) is 11.6 Å². The summed E-state index contributed by atoms with van der Waals surface area (Å²) in [4.78, 5) is 4.60. The molecule has 2 aromatic rings. The summed E-state index contributed by atoms with van der Waals surface area (Å²) in [5, 5.41) is 0. The van der Waals surface area contributed by atoms with Crippen molar-refractivity contribution in [2.24, 2.45) is 4.99 Å². The minimum atomic E-state index is -0.560. The Kier molecular flexibility index (Phi) is 4.67. The molecule has 1 atom stereocenters. The van der Waals surface area contributed by atoms with Gasteiger partial charge in [-0.2, -0.15) is 0 Å². The summed E-state index contributed by atoms with van der Waals surface area (Å²) in [6.07, 6.45) is 1.29. The molecule has 2 aromatic carbocycles. The molecule has 2 aliphatic rings. The molecule has 6 heteroatoms. The molecule has 0 saturated carbocycles. The minimum absolute atomic E-state index is 0.00108. The molecule has 146 valence electrons. The summed E-state index contributed by atoms with van der Waals surface area (Å²) in [5.41, 5.74) is 1.70. The Labute approximate surface area is 164 Å². The average molecular weight is 383 g/mol. The second kappa shape index (κ2) is 6.78. The van der Waals surface area contributed by atoms with Crippen LogP contribution in [0.2, 0.25) is 0 Å². The molecule has 0 aliphatic carbocycles. The number of aliphatic imine (C=N–C) groups is 1. The van der Waals surface area contributed by atoms with Gasteiger partial charge in [0.05, 0.1) is 22.8 Å². The van der Waals surface area contributed by atoms with E-state index in [4.69, 9.17) is 9.31 Å². The quantitative estimate of drug-likeness (QED) is 0.726. The molecular formula is C22H24BF2NO2. The Morgan fingerprint density at radius 2 is 1.50 bits per heavy atom. The molecular weight excluding hydrogens is 359 g/mol. The number of nitrogens with zero attached hydrogens (tertiary/aromatic N) is 1. The van der Waals surface area contributed by atoms with Crippen LogP contribution in [0.15, 0.2) is 47.5 Å². The molecule has 0 spiro atoms. The van der Waals surface area contributed by atoms with Crippen LogP contribution in [0.5, 0.6) is 0 Å². The maximum Gasteiger partial charge on any atom is 0.494 e. The van der Waals surface area contributed by atoms with Crippen molar-refractivity contribution in [2.75, 3.05) is 0 Å². The number of hydrogen-bond acceptors (Lipinski definition) is 3. The van der Waals surface area contributed by atoms with Crippen molar-refractivity contribution < 1.29 is 18.1 Å². The van der Waals surface area contributed by atoms with Crippen LogP contribution in [-0.4, -0.2) is 24.0 Å². The third-order valence-electron chi connectivity index (χ3n) is 6.06. The van der Waals surface area contributed by atoms with Gasteiger partial charge in [-0.15, -0.1) is 0 Å². The Morgan fingerprint density at radius 1 is 0.929 bits per heavy atom. The van der Waals surface area contributed by atoms with Crippen molar-refractivity contribution in [3.05, 3.63) is 65.2 Å². The van der Waals surface area contributed by atoms with Crippen LogP contribution < -0.4 is 5.46 Å². The largest absolute Gasteiger partial charge is 0.494 e. The lowest BCUT2D eigenvalue weighted by Gasteiger charge is -2.32. The van der Waals surface area contributed by atoms with E-state index in [0.717, 1.165) is 17.4 Å². The SMILES string of the molecule is CC1(C)OB(c2ccc([C@H]3CCC(c4c(F)cccc4F)=N3)cc2)OC1(C)C. The van der Waals surface area contributed by atoms with Gasteiger partial charge in [0, 0.05) is 5.71 Å². The Morgan fingerprint density at radius 3 is 2.07 bits per heavy atom. The van der Waals surface area contributed by atoms with Crippen molar-refractivity contribution in [3.8, 4) is 0 Å². The van der Waals surface area contributed by atoms with Crippen LogP contribution in [0.3, 0.4) is 0 Å². The second-order valence-corrected chi connectivity index (χ2v) is 8.48. The van der Waals surface area contributed by atoms with Crippen LogP contribution in [0.25, 0.3) is 0 Å². The first-order chi connectivity index (χ1) is 13.2. The Bertz CT molecular complexity index is 888. The Balaban J connectivity index is 1.53. The van der Waals surface area contributed by atoms with E-state index in [1.807, 2.05) is 52.0 Å². The molecule has 0 unspecified atom stereocenters. The summed E-state index contributed by atoms with van der Waals surface area (Å²) in [6, 6.07) is 11.8. The zero-order valence-corrected chi connectivity index (χ0v) is 16.6. The highest BCUT2D eigenvalue weighted by Gasteiger charge is 2.51. The average Bonchev–Trinajstić information content (AvgIpc) is 3.18. The third kappa shape index (κ3) is 3.29. The van der Waals surface area contributed by atoms with Crippen LogP contribution in [0, 0.1) is 11.6 Å². The maximum atomic E-state index is 14.0. The standard InChI is InChI=1S/C22H24BF2NO2/c1-21(2)22(3,4)28-23(27-21)15-10-8-14(9-11-15)18-12-13-19(26-18)20-16(24)6-5-7-17(20)25/h5-11,18H,12-13H2,1-4H3/t18-/m1/s1. The van der Waals surface area contributed by atoms with E-state index in [-0.39, 0.29) is 22.8 Å². The number of rotatable bonds is 3. The normalized spacial score (nSPS) is 23.1. The van der Waals surface area contributed by atoms with E-state index in [1.165, 1.54) is 18.2 Å². The summed E-state index contributed by atoms with van der Waals surface area (Å²) in [6.45, 7) is 8.10. The summed E-state index contributed by atoms with van der Waals surface area (Å²) < 4.78 is 40.2. The molecule has 2 heterocycles. The molecule has 4 rings (SSSR count). The lowest BCUT2D eigenvalue weighted by molar-refractivity contribution is 0.00578. The summed E-state index contributed by atoms with van der Waals surface area (Å²) in [5.74, 6) is -1.12. The zero-order valence-electron chi connectivity index (χ0n) is 16.6. The van der Waals surface area contributed by atoms with Gasteiger partial charge in [0.25, 0.3) is 0 Å². The smallest absolute Gasteiger partial charge is 0.399 e. The van der Waals surface area contributed by atoms with Crippen molar-refractivity contribution in [3.63, 3.8) is 0 Å². The van der Waals surface area contributed by atoms with Crippen molar-refractivity contribution in [1.29, 1.82) is 0 Å². The van der Waals surface area contributed by atoms with E-state index >= 15 is 0 Å². The minimum Gasteiger partial charge on any atom is -0.399 e. The predicted molar refractivity (Wildman–Crippen MR) is 107 cm³/mol. The first-order valence-corrected chi connectivity index (χ1v) is 9.64. The van der Waals surface area contributed by atoms with Gasteiger partial charge >= 0.3 is 7.12 Å². The predicted octanol–water partition coefficient (Wildman–Crippen LogP) is 4.59. The van der Waals surface area contributed by atoms with Gasteiger partial charge < -0.3 is 9.31 Å². The van der Waals surface area contributed by atoms with E-state index in [2.05, 4.69) is 4.99 Å². The van der Waals surface area contributed by atoms with Gasteiger partial charge in [0.2, 0.25) is 0 Å². The number of halogens is 2. The highest BCUT2D eigenvalue weighted by Crippen LogP contribution is 2.37. The lowest BCUT2D eigenvalue weighted by Crippen LogP contribution is -2.41. The van der Waals surface area contributed by atoms with Crippen molar-refractivity contribution in [1.82, 2.24) is 0 Å². The topological polar surface area (TPSA) is 30.8 Å². The second-order valence-electron chi connectivity index (χ2n) is 8.48. The molecule has 0 N–H and O–H groups in total.